The third-order valence-electron chi connectivity index (χ3n) is 8.40. The number of aliphatic hydroxyl groups excluding tert-OH is 4. The molecule has 0 amide bonds. The fourth-order valence-corrected chi connectivity index (χ4v) is 5.09. The van der Waals surface area contributed by atoms with Crippen LogP contribution in [0, 0.1) is 5.92 Å². The molecule has 1 fully saturated rings. The Balaban J connectivity index is 2.47. The summed E-state index contributed by atoms with van der Waals surface area (Å²) in [5.74, 6) is 0.455. The maximum Gasteiger partial charge on any atom is 0.187 e. The number of rotatable bonds is 20. The Labute approximate surface area is 315 Å². The Morgan fingerprint density at radius 2 is 1.17 bits per heavy atom. The lowest BCUT2D eigenvalue weighted by Gasteiger charge is -2.42. The molecule has 0 saturated carbocycles. The molecule has 1 rings (SSSR count). The average molecular weight is 717 g/mol. The molecule has 6 nitrogen and oxygen atoms in total. The molecular weight excluding hydrogens is 649 g/mol. The van der Waals surface area contributed by atoms with Crippen LogP contribution in [0.1, 0.15) is 94.9 Å². The smallest absolute Gasteiger partial charge is 0.187 e. The summed E-state index contributed by atoms with van der Waals surface area (Å²) in [5.41, 5.74) is 6.66. The predicted octanol–water partition coefficient (Wildman–Crippen LogP) is 9.81. The first kappa shape index (κ1) is 46.7. The van der Waals surface area contributed by atoms with Crippen LogP contribution in [0.3, 0.4) is 0 Å². The zero-order chi connectivity index (χ0) is 39.1. The molecule has 0 bridgehead atoms. The minimum Gasteiger partial charge on any atom is -0.394 e. The third kappa shape index (κ3) is 21.2. The van der Waals surface area contributed by atoms with Crippen molar-refractivity contribution in [1.82, 2.24) is 0 Å². The summed E-state index contributed by atoms with van der Waals surface area (Å²) in [6, 6.07) is 0. The molecule has 1 heterocycles. The Bertz CT molecular complexity index is 1430. The summed E-state index contributed by atoms with van der Waals surface area (Å²) in [5, 5.41) is 39.7. The van der Waals surface area contributed by atoms with E-state index in [1.54, 1.807) is 0 Å². The number of allylic oxidation sites excluding steroid dienone is 24. The van der Waals surface area contributed by atoms with Crippen LogP contribution in [0.25, 0.3) is 0 Å². The van der Waals surface area contributed by atoms with Gasteiger partial charge in [0.15, 0.2) is 6.29 Å². The molecule has 0 aromatic heterocycles. The first-order valence-corrected chi connectivity index (χ1v) is 18.6. The van der Waals surface area contributed by atoms with E-state index in [9.17, 15) is 20.4 Å². The fourth-order valence-electron chi connectivity index (χ4n) is 5.09. The van der Waals surface area contributed by atoms with Gasteiger partial charge in [-0.2, -0.15) is 0 Å². The van der Waals surface area contributed by atoms with E-state index in [0.717, 1.165) is 24.8 Å². The minimum absolute atomic E-state index is 0.455. The van der Waals surface area contributed by atoms with E-state index in [-0.39, 0.29) is 0 Å². The highest BCUT2D eigenvalue weighted by atomic mass is 16.7. The summed E-state index contributed by atoms with van der Waals surface area (Å²) in [4.78, 5) is 0. The highest BCUT2D eigenvalue weighted by Crippen LogP contribution is 2.28. The van der Waals surface area contributed by atoms with Gasteiger partial charge >= 0.3 is 0 Å². The minimum atomic E-state index is -1.45. The monoisotopic (exact) mass is 717 g/mol. The normalized spacial score (nSPS) is 24.2. The Morgan fingerprint density at radius 3 is 1.71 bits per heavy atom. The van der Waals surface area contributed by atoms with Gasteiger partial charge in [-0.1, -0.05) is 150 Å². The van der Waals surface area contributed by atoms with E-state index in [1.807, 2.05) is 13.8 Å². The van der Waals surface area contributed by atoms with Gasteiger partial charge in [-0.25, -0.2) is 0 Å². The van der Waals surface area contributed by atoms with Crippen molar-refractivity contribution in [2.75, 3.05) is 6.61 Å². The maximum absolute atomic E-state index is 10.3. The molecule has 1 unspecified atom stereocenters. The van der Waals surface area contributed by atoms with Crippen LogP contribution in [0.5, 0.6) is 0 Å². The topological polar surface area (TPSA) is 99.4 Å². The largest absolute Gasteiger partial charge is 0.394 e. The highest BCUT2D eigenvalue weighted by molar-refractivity contribution is 5.31. The van der Waals surface area contributed by atoms with E-state index in [4.69, 9.17) is 9.47 Å². The van der Waals surface area contributed by atoms with E-state index >= 15 is 0 Å². The van der Waals surface area contributed by atoms with Crippen LogP contribution in [0.2, 0.25) is 0 Å². The zero-order valence-electron chi connectivity index (χ0n) is 33.5. The Morgan fingerprint density at radius 1 is 0.673 bits per heavy atom. The predicted molar refractivity (Wildman–Crippen MR) is 220 cm³/mol. The molecular formula is C46H68O6. The molecule has 1 aliphatic rings. The first-order chi connectivity index (χ1) is 24.5. The van der Waals surface area contributed by atoms with E-state index in [0.29, 0.717) is 12.3 Å². The van der Waals surface area contributed by atoms with Gasteiger partial charge in [0, 0.05) is 0 Å². The van der Waals surface area contributed by atoms with Crippen LogP contribution in [-0.4, -0.2) is 63.3 Å². The first-order valence-electron chi connectivity index (χ1n) is 18.6. The molecule has 288 valence electrons. The molecule has 6 atom stereocenters. The zero-order valence-corrected chi connectivity index (χ0v) is 33.5. The molecule has 6 heteroatoms. The second-order valence-corrected chi connectivity index (χ2v) is 14.8. The van der Waals surface area contributed by atoms with Gasteiger partial charge in [-0.3, -0.25) is 0 Å². The van der Waals surface area contributed by atoms with Gasteiger partial charge in [-0.15, -0.1) is 0 Å². The highest BCUT2D eigenvalue weighted by Gasteiger charge is 2.45. The maximum atomic E-state index is 10.3. The molecule has 4 N–H and O–H groups in total. The van der Waals surface area contributed by atoms with Gasteiger partial charge in [0.2, 0.25) is 0 Å². The molecule has 0 radical (unpaired) electrons. The van der Waals surface area contributed by atoms with Gasteiger partial charge < -0.3 is 29.9 Å². The second-order valence-electron chi connectivity index (χ2n) is 14.8. The molecule has 0 aliphatic carbocycles. The molecule has 0 aromatic carbocycles. The summed E-state index contributed by atoms with van der Waals surface area (Å²) >= 11 is 0. The van der Waals surface area contributed by atoms with E-state index < -0.39 is 42.9 Å². The standard InChI is InChI=1S/C46H68O6/c1-34(2)19-13-22-37(5)25-16-28-38(6)26-14-23-35(3)20-11-12-21-36(4)24-15-27-39(7)29-17-30-40(8)31-18-32-46(9,10)52-45-44(50)43(49)42(48)41(33-47)51-45/h11-17,19,21-30,35,41-45,47-50H,18,20,31-33H2,1-10H3/b12-11+,22-13+,23-14+,24-15+,28-16+,29-17+,36-21+,37-25+,38-26+,39-27+,40-30+/t35?,41-,42-,43+,44-,45+/m1/s1. The van der Waals surface area contributed by atoms with Crippen molar-refractivity contribution in [3.05, 3.63) is 143 Å². The number of hydrogen-bond acceptors (Lipinski definition) is 6. The van der Waals surface area contributed by atoms with Crippen molar-refractivity contribution in [2.45, 2.75) is 131 Å². The lowest BCUT2D eigenvalue weighted by Crippen LogP contribution is -2.60. The van der Waals surface area contributed by atoms with Crippen molar-refractivity contribution in [3.8, 4) is 0 Å². The Hall–Kier alpha value is -3.36. The molecule has 1 saturated heterocycles. The van der Waals surface area contributed by atoms with Gasteiger partial charge in [0.25, 0.3) is 0 Å². The number of ether oxygens (including phenoxy) is 2. The average Bonchev–Trinajstić information content (AvgIpc) is 3.06. The van der Waals surface area contributed by atoms with Gasteiger partial charge in [0.1, 0.15) is 24.4 Å². The van der Waals surface area contributed by atoms with Crippen molar-refractivity contribution < 1.29 is 29.9 Å². The quantitative estimate of drug-likeness (QED) is 0.0937. The third-order valence-corrected chi connectivity index (χ3v) is 8.40. The van der Waals surface area contributed by atoms with Crippen LogP contribution in [0.4, 0.5) is 0 Å². The second kappa shape index (κ2) is 25.6. The molecule has 0 aromatic rings. The van der Waals surface area contributed by atoms with Crippen LogP contribution >= 0.6 is 0 Å². The van der Waals surface area contributed by atoms with Crippen molar-refractivity contribution >= 4 is 0 Å². The summed E-state index contributed by atoms with van der Waals surface area (Å²) in [7, 11) is 0. The van der Waals surface area contributed by atoms with Gasteiger partial charge in [-0.05, 0) is 93.9 Å². The SMILES string of the molecule is CC(C)=C/C=C/C(C)=C/C=C/C(C)=C/C=C/C(C)C/C=C/C=C(C)/C=C/C=C(C)/C=C/C=C(\C)CCCC(C)(C)O[C@@H]1O[C@H](CO)[C@@H](O)[C@H](O)[C@H]1O. The van der Waals surface area contributed by atoms with Crippen molar-refractivity contribution in [2.24, 2.45) is 5.92 Å². The van der Waals surface area contributed by atoms with Crippen LogP contribution < -0.4 is 0 Å². The molecule has 52 heavy (non-hydrogen) atoms. The fraction of sp³-hybridized carbons (Fsp3) is 0.478. The van der Waals surface area contributed by atoms with E-state index in [2.05, 4.69) is 165 Å². The van der Waals surface area contributed by atoms with Crippen LogP contribution in [0.15, 0.2) is 143 Å². The van der Waals surface area contributed by atoms with Gasteiger partial charge in [0.05, 0.1) is 12.2 Å². The van der Waals surface area contributed by atoms with Crippen molar-refractivity contribution in [1.29, 1.82) is 0 Å². The summed E-state index contributed by atoms with van der Waals surface area (Å²) in [6.07, 6.45) is 35.3. The van der Waals surface area contributed by atoms with E-state index in [1.165, 1.54) is 27.9 Å². The number of hydrogen-bond donors (Lipinski definition) is 4. The molecule has 0 spiro atoms. The Kier molecular flexibility index (Phi) is 23.0. The summed E-state index contributed by atoms with van der Waals surface area (Å²) < 4.78 is 11.5. The van der Waals surface area contributed by atoms with Crippen LogP contribution in [-0.2, 0) is 9.47 Å². The number of aliphatic hydroxyl groups is 4. The van der Waals surface area contributed by atoms with Crippen molar-refractivity contribution in [3.63, 3.8) is 0 Å². The lowest BCUT2D eigenvalue weighted by atomic mass is 9.96. The lowest BCUT2D eigenvalue weighted by molar-refractivity contribution is -0.323. The molecule has 1 aliphatic heterocycles. The summed E-state index contributed by atoms with van der Waals surface area (Å²) in [6.45, 7) is 20.2.